The maximum atomic E-state index is 13.5. The quantitative estimate of drug-likeness (QED) is 0.816. The molecular formula is C21H30N4O2. The Morgan fingerprint density at radius 2 is 1.78 bits per heavy atom. The van der Waals surface area contributed by atoms with Crippen LogP contribution >= 0.6 is 0 Å². The van der Waals surface area contributed by atoms with Gasteiger partial charge in [0, 0.05) is 33.1 Å². The molecule has 4 aliphatic carbocycles. The summed E-state index contributed by atoms with van der Waals surface area (Å²) in [6.07, 6.45) is 8.45. The van der Waals surface area contributed by atoms with Crippen molar-refractivity contribution in [2.45, 2.75) is 51.0 Å². The summed E-state index contributed by atoms with van der Waals surface area (Å²) in [5, 5.41) is 8.34. The van der Waals surface area contributed by atoms with E-state index in [9.17, 15) is 4.79 Å². The third-order valence-corrected chi connectivity index (χ3v) is 7.30. The van der Waals surface area contributed by atoms with Gasteiger partial charge >= 0.3 is 0 Å². The molecule has 1 aromatic heterocycles. The first kappa shape index (κ1) is 17.3. The summed E-state index contributed by atoms with van der Waals surface area (Å²) in [5.74, 6) is 4.20. The molecule has 0 N–H and O–H groups in total. The number of carbonyl (C=O) groups is 1. The third kappa shape index (κ3) is 3.07. The molecule has 1 saturated heterocycles. The number of likely N-dealkylation sites (tertiary alicyclic amines) is 1. The number of aromatic nitrogens is 2. The van der Waals surface area contributed by atoms with Crippen molar-refractivity contribution in [2.24, 2.45) is 23.2 Å². The van der Waals surface area contributed by atoms with Gasteiger partial charge in [0.25, 0.3) is 0 Å². The van der Waals surface area contributed by atoms with E-state index in [1.54, 1.807) is 0 Å². The molecule has 0 spiro atoms. The lowest BCUT2D eigenvalue weighted by molar-refractivity contribution is -0.156. The molecule has 1 amide bonds. The molecule has 6 rings (SSSR count). The van der Waals surface area contributed by atoms with E-state index in [1.807, 2.05) is 31.1 Å². The Hall–Kier alpha value is -1.85. The van der Waals surface area contributed by atoms with Crippen molar-refractivity contribution in [1.82, 2.24) is 15.1 Å². The van der Waals surface area contributed by atoms with Crippen molar-refractivity contribution < 1.29 is 9.53 Å². The van der Waals surface area contributed by atoms with Gasteiger partial charge in [-0.25, -0.2) is 0 Å². The molecule has 1 aromatic rings. The van der Waals surface area contributed by atoms with Gasteiger partial charge in [0.2, 0.25) is 11.8 Å². The predicted octanol–water partition coefficient (Wildman–Crippen LogP) is 2.74. The molecule has 6 heteroatoms. The highest BCUT2D eigenvalue weighted by Gasteiger charge is 2.56. The Morgan fingerprint density at radius 1 is 1.11 bits per heavy atom. The molecule has 0 aromatic carbocycles. The number of hydrogen-bond donors (Lipinski definition) is 0. The van der Waals surface area contributed by atoms with Gasteiger partial charge in [-0.1, -0.05) is 0 Å². The van der Waals surface area contributed by atoms with Crippen LogP contribution in [0.3, 0.4) is 0 Å². The van der Waals surface area contributed by atoms with Crippen molar-refractivity contribution >= 4 is 11.7 Å². The minimum Gasteiger partial charge on any atom is -0.471 e. The minimum atomic E-state index is -0.0448. The minimum absolute atomic E-state index is 0.0300. The number of anilines is 1. The summed E-state index contributed by atoms with van der Waals surface area (Å²) in [6.45, 7) is 1.51. The normalized spacial score (nSPS) is 36.9. The fourth-order valence-electron chi connectivity index (χ4n) is 6.50. The van der Waals surface area contributed by atoms with E-state index in [1.165, 1.54) is 19.3 Å². The first-order valence-corrected chi connectivity index (χ1v) is 10.5. The molecule has 5 aliphatic rings. The number of hydrogen-bond acceptors (Lipinski definition) is 5. The summed E-state index contributed by atoms with van der Waals surface area (Å²) in [5.41, 5.74) is -0.0448. The summed E-state index contributed by atoms with van der Waals surface area (Å²) >= 11 is 0. The highest BCUT2D eigenvalue weighted by molar-refractivity contribution is 5.83. The van der Waals surface area contributed by atoms with Crippen LogP contribution in [0, 0.1) is 23.2 Å². The molecule has 1 atom stereocenters. The lowest BCUT2D eigenvalue weighted by Gasteiger charge is -2.56. The fraction of sp³-hybridized carbons (Fsp3) is 0.762. The zero-order valence-corrected chi connectivity index (χ0v) is 16.4. The van der Waals surface area contributed by atoms with Gasteiger partial charge in [-0.2, -0.15) is 0 Å². The van der Waals surface area contributed by atoms with Crippen molar-refractivity contribution in [3.8, 4) is 5.88 Å². The van der Waals surface area contributed by atoms with Crippen LogP contribution in [0.1, 0.15) is 44.9 Å². The van der Waals surface area contributed by atoms with Gasteiger partial charge in [-0.05, 0) is 62.3 Å². The Balaban J connectivity index is 1.22. The van der Waals surface area contributed by atoms with Crippen molar-refractivity contribution in [1.29, 1.82) is 0 Å². The van der Waals surface area contributed by atoms with E-state index >= 15 is 0 Å². The topological polar surface area (TPSA) is 58.6 Å². The van der Waals surface area contributed by atoms with Gasteiger partial charge in [-0.3, -0.25) is 4.79 Å². The highest BCUT2D eigenvalue weighted by atomic mass is 16.5. The summed E-state index contributed by atoms with van der Waals surface area (Å²) in [7, 11) is 3.88. The van der Waals surface area contributed by atoms with Gasteiger partial charge in [0.1, 0.15) is 6.10 Å². The Kier molecular flexibility index (Phi) is 4.06. The standard InChI is InChI=1S/C21H30N4O2/c1-24(2)18-3-4-19(23-22-18)27-17-5-6-25(13-17)20(26)21-10-14-7-15(11-21)9-16(8-14)12-21/h3-4,14-17H,5-13H2,1-2H3. The Bertz CT molecular complexity index is 682. The maximum absolute atomic E-state index is 13.5. The summed E-state index contributed by atoms with van der Waals surface area (Å²) in [4.78, 5) is 17.5. The monoisotopic (exact) mass is 370 g/mol. The van der Waals surface area contributed by atoms with Crippen LogP contribution in [0.5, 0.6) is 5.88 Å². The highest BCUT2D eigenvalue weighted by Crippen LogP contribution is 2.60. The van der Waals surface area contributed by atoms with E-state index in [-0.39, 0.29) is 11.5 Å². The van der Waals surface area contributed by atoms with Gasteiger partial charge in [-0.15, -0.1) is 10.2 Å². The average molecular weight is 370 g/mol. The second-order valence-electron chi connectivity index (χ2n) is 9.60. The van der Waals surface area contributed by atoms with Crippen LogP contribution < -0.4 is 9.64 Å². The van der Waals surface area contributed by atoms with Crippen LogP contribution in [0.25, 0.3) is 0 Å². The molecule has 27 heavy (non-hydrogen) atoms. The third-order valence-electron chi connectivity index (χ3n) is 7.30. The van der Waals surface area contributed by atoms with Crippen LogP contribution in [0.4, 0.5) is 5.82 Å². The van der Waals surface area contributed by atoms with Gasteiger partial charge < -0.3 is 14.5 Å². The lowest BCUT2D eigenvalue weighted by Crippen LogP contribution is -2.54. The first-order chi connectivity index (χ1) is 13.0. The van der Waals surface area contributed by atoms with Gasteiger partial charge in [0.05, 0.1) is 12.0 Å². The van der Waals surface area contributed by atoms with Crippen LogP contribution in [0.2, 0.25) is 0 Å². The van der Waals surface area contributed by atoms with E-state index in [4.69, 9.17) is 4.74 Å². The summed E-state index contributed by atoms with van der Waals surface area (Å²) in [6, 6.07) is 3.78. The first-order valence-electron chi connectivity index (χ1n) is 10.5. The Morgan fingerprint density at radius 3 is 2.33 bits per heavy atom. The number of nitrogens with zero attached hydrogens (tertiary/aromatic N) is 4. The SMILES string of the molecule is CN(C)c1ccc(OC2CCN(C(=O)C34CC5CC(CC(C5)C3)C4)C2)nn1. The molecular weight excluding hydrogens is 340 g/mol. The summed E-state index contributed by atoms with van der Waals surface area (Å²) < 4.78 is 6.02. The zero-order chi connectivity index (χ0) is 18.6. The number of rotatable bonds is 4. The van der Waals surface area contributed by atoms with Crippen molar-refractivity contribution in [3.05, 3.63) is 12.1 Å². The zero-order valence-electron chi connectivity index (χ0n) is 16.4. The van der Waals surface area contributed by atoms with Crippen LogP contribution in [-0.4, -0.2) is 54.3 Å². The van der Waals surface area contributed by atoms with Crippen molar-refractivity contribution in [3.63, 3.8) is 0 Å². The maximum Gasteiger partial charge on any atom is 0.233 e. The number of carbonyl (C=O) groups excluding carboxylic acids is 1. The van der Waals surface area contributed by atoms with Crippen LogP contribution in [0.15, 0.2) is 12.1 Å². The molecule has 4 bridgehead atoms. The van der Waals surface area contributed by atoms with E-state index in [0.29, 0.717) is 18.3 Å². The molecule has 2 heterocycles. The molecule has 4 saturated carbocycles. The van der Waals surface area contributed by atoms with Gasteiger partial charge in [0.15, 0.2) is 5.82 Å². The fourth-order valence-corrected chi connectivity index (χ4v) is 6.50. The Labute approximate surface area is 161 Å². The smallest absolute Gasteiger partial charge is 0.233 e. The molecule has 6 nitrogen and oxygen atoms in total. The number of ether oxygens (including phenoxy) is 1. The van der Waals surface area contributed by atoms with Crippen LogP contribution in [-0.2, 0) is 4.79 Å². The van der Waals surface area contributed by atoms with E-state index in [0.717, 1.165) is 55.8 Å². The molecule has 5 fully saturated rings. The second kappa shape index (κ2) is 6.35. The van der Waals surface area contributed by atoms with E-state index in [2.05, 4.69) is 15.1 Å². The van der Waals surface area contributed by atoms with Crippen molar-refractivity contribution in [2.75, 3.05) is 32.1 Å². The largest absolute Gasteiger partial charge is 0.471 e. The van der Waals surface area contributed by atoms with E-state index < -0.39 is 0 Å². The second-order valence-corrected chi connectivity index (χ2v) is 9.60. The average Bonchev–Trinajstić information content (AvgIpc) is 3.08. The molecule has 0 radical (unpaired) electrons. The predicted molar refractivity (Wildman–Crippen MR) is 103 cm³/mol. The molecule has 1 aliphatic heterocycles. The number of amides is 1. The lowest BCUT2D eigenvalue weighted by atomic mass is 9.49. The molecule has 1 unspecified atom stereocenters. The molecule has 146 valence electrons.